The van der Waals surface area contributed by atoms with Crippen molar-refractivity contribution < 1.29 is 18.6 Å². The highest BCUT2D eigenvalue weighted by molar-refractivity contribution is 5.34. The van der Waals surface area contributed by atoms with E-state index in [4.69, 9.17) is 14.2 Å². The lowest BCUT2D eigenvalue weighted by molar-refractivity contribution is 0.0507. The van der Waals surface area contributed by atoms with Gasteiger partial charge < -0.3 is 18.8 Å². The molecule has 0 aliphatic carbocycles. The molecular weight excluding hydrogens is 263 g/mol. The van der Waals surface area contributed by atoms with Crippen molar-refractivity contribution in [1.82, 2.24) is 9.55 Å². The summed E-state index contributed by atoms with van der Waals surface area (Å²) in [4.78, 5) is 4.17. The van der Waals surface area contributed by atoms with Crippen LogP contribution in [-0.2, 0) is 18.4 Å². The second-order valence-electron chi connectivity index (χ2n) is 4.32. The number of imidazole rings is 1. The van der Waals surface area contributed by atoms with E-state index in [1.165, 1.54) is 19.2 Å². The SMILES string of the molecule is COCOc1cc(F)cc(OCc2cnc(C)n2C)c1. The highest BCUT2D eigenvalue weighted by Gasteiger charge is 2.06. The number of hydrogen-bond donors (Lipinski definition) is 0. The molecule has 108 valence electrons. The van der Waals surface area contributed by atoms with Crippen LogP contribution in [0.2, 0.25) is 0 Å². The van der Waals surface area contributed by atoms with Gasteiger partial charge in [0.2, 0.25) is 0 Å². The third kappa shape index (κ3) is 3.48. The zero-order chi connectivity index (χ0) is 14.5. The Morgan fingerprint density at radius 3 is 2.50 bits per heavy atom. The molecule has 2 aromatic rings. The highest BCUT2D eigenvalue weighted by Crippen LogP contribution is 2.23. The molecule has 2 rings (SSSR count). The number of rotatable bonds is 6. The van der Waals surface area contributed by atoms with Gasteiger partial charge in [-0.2, -0.15) is 0 Å². The van der Waals surface area contributed by atoms with Gasteiger partial charge in [-0.15, -0.1) is 0 Å². The minimum absolute atomic E-state index is 0.0593. The summed E-state index contributed by atoms with van der Waals surface area (Å²) in [7, 11) is 3.40. The summed E-state index contributed by atoms with van der Waals surface area (Å²) in [6.07, 6.45) is 1.73. The first-order chi connectivity index (χ1) is 9.60. The lowest BCUT2D eigenvalue weighted by atomic mass is 10.3. The lowest BCUT2D eigenvalue weighted by Crippen LogP contribution is -2.04. The van der Waals surface area contributed by atoms with Crippen LogP contribution in [0.5, 0.6) is 11.5 Å². The number of hydrogen-bond acceptors (Lipinski definition) is 4. The monoisotopic (exact) mass is 280 g/mol. The molecule has 5 nitrogen and oxygen atoms in total. The highest BCUT2D eigenvalue weighted by atomic mass is 19.1. The van der Waals surface area contributed by atoms with Crippen LogP contribution in [0.25, 0.3) is 0 Å². The summed E-state index contributed by atoms with van der Waals surface area (Å²) in [5.41, 5.74) is 0.908. The van der Waals surface area contributed by atoms with Crippen LogP contribution in [0.1, 0.15) is 11.5 Å². The molecule has 0 amide bonds. The molecule has 20 heavy (non-hydrogen) atoms. The fourth-order valence-corrected chi connectivity index (χ4v) is 1.67. The van der Waals surface area contributed by atoms with Crippen LogP contribution >= 0.6 is 0 Å². The number of aryl methyl sites for hydroxylation is 1. The maximum atomic E-state index is 13.4. The average molecular weight is 280 g/mol. The summed E-state index contributed by atoms with van der Waals surface area (Å²) in [6.45, 7) is 2.27. The van der Waals surface area contributed by atoms with E-state index in [2.05, 4.69) is 4.98 Å². The number of ether oxygens (including phenoxy) is 3. The van der Waals surface area contributed by atoms with Crippen LogP contribution in [0.3, 0.4) is 0 Å². The predicted octanol–water partition coefficient (Wildman–Crippen LogP) is 2.43. The van der Waals surface area contributed by atoms with Crippen molar-refractivity contribution in [3.8, 4) is 11.5 Å². The molecule has 0 spiro atoms. The molecule has 1 heterocycles. The molecule has 0 N–H and O–H groups in total. The molecule has 0 saturated carbocycles. The second kappa shape index (κ2) is 6.38. The number of methoxy groups -OCH3 is 1. The average Bonchev–Trinajstić information content (AvgIpc) is 2.74. The topological polar surface area (TPSA) is 45.5 Å². The molecular formula is C14H17FN2O3. The summed E-state index contributed by atoms with van der Waals surface area (Å²) in [5, 5.41) is 0. The molecule has 1 aromatic carbocycles. The Hall–Kier alpha value is -2.08. The van der Waals surface area contributed by atoms with Crippen molar-refractivity contribution >= 4 is 0 Å². The van der Waals surface area contributed by atoms with Gasteiger partial charge in [0.1, 0.15) is 29.7 Å². The van der Waals surface area contributed by atoms with Gasteiger partial charge in [0.05, 0.1) is 11.9 Å². The Labute approximate surface area is 116 Å². The molecule has 0 unspecified atom stereocenters. The van der Waals surface area contributed by atoms with E-state index < -0.39 is 5.82 Å². The first-order valence-corrected chi connectivity index (χ1v) is 6.12. The standard InChI is InChI=1S/C14H17FN2O3/c1-10-16-7-12(17(10)2)8-19-13-4-11(15)5-14(6-13)20-9-18-3/h4-7H,8-9H2,1-3H3. The fraction of sp³-hybridized carbons (Fsp3) is 0.357. The van der Waals surface area contributed by atoms with Crippen LogP contribution in [0.15, 0.2) is 24.4 Å². The zero-order valence-corrected chi connectivity index (χ0v) is 11.7. The molecule has 0 bridgehead atoms. The van der Waals surface area contributed by atoms with Crippen LogP contribution in [0, 0.1) is 12.7 Å². The molecule has 0 fully saturated rings. The minimum Gasteiger partial charge on any atom is -0.487 e. The third-order valence-corrected chi connectivity index (χ3v) is 2.89. The predicted molar refractivity (Wildman–Crippen MR) is 71.2 cm³/mol. The van der Waals surface area contributed by atoms with Crippen molar-refractivity contribution in [2.75, 3.05) is 13.9 Å². The van der Waals surface area contributed by atoms with E-state index in [0.717, 1.165) is 11.5 Å². The summed E-state index contributed by atoms with van der Waals surface area (Å²) >= 11 is 0. The molecule has 0 aliphatic heterocycles. The van der Waals surface area contributed by atoms with Crippen molar-refractivity contribution in [3.05, 3.63) is 41.7 Å². The van der Waals surface area contributed by atoms with Crippen molar-refractivity contribution in [1.29, 1.82) is 0 Å². The summed E-state index contributed by atoms with van der Waals surface area (Å²) in [6, 6.07) is 4.20. The Morgan fingerprint density at radius 1 is 1.20 bits per heavy atom. The second-order valence-corrected chi connectivity index (χ2v) is 4.32. The zero-order valence-electron chi connectivity index (χ0n) is 11.7. The van der Waals surface area contributed by atoms with Gasteiger partial charge in [-0.3, -0.25) is 0 Å². The molecule has 0 atom stereocenters. The molecule has 6 heteroatoms. The van der Waals surface area contributed by atoms with Crippen LogP contribution in [0.4, 0.5) is 4.39 Å². The van der Waals surface area contributed by atoms with E-state index in [9.17, 15) is 4.39 Å². The first kappa shape index (κ1) is 14.3. The summed E-state index contributed by atoms with van der Waals surface area (Å²) < 4.78 is 30.9. The van der Waals surface area contributed by atoms with Gasteiger partial charge in [-0.25, -0.2) is 9.37 Å². The quantitative estimate of drug-likeness (QED) is 0.762. The van der Waals surface area contributed by atoms with Crippen molar-refractivity contribution in [3.63, 3.8) is 0 Å². The summed E-state index contributed by atoms with van der Waals surface area (Å²) in [5.74, 6) is 1.24. The number of aromatic nitrogens is 2. The smallest absolute Gasteiger partial charge is 0.188 e. The van der Waals surface area contributed by atoms with E-state index >= 15 is 0 Å². The Balaban J connectivity index is 2.05. The first-order valence-electron chi connectivity index (χ1n) is 6.12. The van der Waals surface area contributed by atoms with Crippen molar-refractivity contribution in [2.45, 2.75) is 13.5 Å². The van der Waals surface area contributed by atoms with E-state index in [0.29, 0.717) is 18.1 Å². The number of halogens is 1. The van der Waals surface area contributed by atoms with Gasteiger partial charge in [0.25, 0.3) is 0 Å². The molecule has 0 aliphatic rings. The van der Waals surface area contributed by atoms with Gasteiger partial charge in [0.15, 0.2) is 6.79 Å². The Bertz CT molecular complexity index is 584. The van der Waals surface area contributed by atoms with Crippen LogP contribution in [-0.4, -0.2) is 23.5 Å². The van der Waals surface area contributed by atoms with Gasteiger partial charge in [-0.05, 0) is 6.92 Å². The van der Waals surface area contributed by atoms with Crippen LogP contribution < -0.4 is 9.47 Å². The Kier molecular flexibility index (Phi) is 4.57. The minimum atomic E-state index is -0.421. The third-order valence-electron chi connectivity index (χ3n) is 2.89. The number of nitrogens with zero attached hydrogens (tertiary/aromatic N) is 2. The maximum Gasteiger partial charge on any atom is 0.188 e. The van der Waals surface area contributed by atoms with Gasteiger partial charge in [0, 0.05) is 32.4 Å². The normalized spacial score (nSPS) is 10.6. The molecule has 0 radical (unpaired) electrons. The van der Waals surface area contributed by atoms with E-state index in [1.54, 1.807) is 12.3 Å². The fourth-order valence-electron chi connectivity index (χ4n) is 1.67. The van der Waals surface area contributed by atoms with E-state index in [-0.39, 0.29) is 6.79 Å². The van der Waals surface area contributed by atoms with Gasteiger partial charge in [-0.1, -0.05) is 0 Å². The largest absolute Gasteiger partial charge is 0.487 e. The van der Waals surface area contributed by atoms with E-state index in [1.807, 2.05) is 18.5 Å². The lowest BCUT2D eigenvalue weighted by Gasteiger charge is -2.10. The Morgan fingerprint density at radius 2 is 1.90 bits per heavy atom. The number of benzene rings is 1. The van der Waals surface area contributed by atoms with Gasteiger partial charge >= 0.3 is 0 Å². The van der Waals surface area contributed by atoms with Crippen molar-refractivity contribution in [2.24, 2.45) is 7.05 Å². The molecule has 1 aromatic heterocycles. The maximum absolute atomic E-state index is 13.4. The molecule has 0 saturated heterocycles.